The van der Waals surface area contributed by atoms with E-state index in [0.29, 0.717) is 0 Å². The highest BCUT2D eigenvalue weighted by molar-refractivity contribution is 5.74. The SMILES string of the molecule is CNC(C(=O)O)C(NC)c1ccc(C(C)(C)C)cc1. The summed E-state index contributed by atoms with van der Waals surface area (Å²) in [7, 11) is 3.43. The van der Waals surface area contributed by atoms with Crippen LogP contribution in [0.4, 0.5) is 0 Å². The molecule has 2 unspecified atom stereocenters. The molecule has 0 saturated carbocycles. The maximum absolute atomic E-state index is 11.2. The van der Waals surface area contributed by atoms with Gasteiger partial charge in [-0.25, -0.2) is 0 Å². The molecular formula is C15H24N2O2. The zero-order valence-corrected chi connectivity index (χ0v) is 12.3. The van der Waals surface area contributed by atoms with Crippen molar-refractivity contribution in [2.75, 3.05) is 14.1 Å². The van der Waals surface area contributed by atoms with Gasteiger partial charge >= 0.3 is 5.97 Å². The van der Waals surface area contributed by atoms with E-state index in [9.17, 15) is 9.90 Å². The smallest absolute Gasteiger partial charge is 0.322 e. The lowest BCUT2D eigenvalue weighted by Gasteiger charge is -2.25. The number of carbonyl (C=O) groups is 1. The van der Waals surface area contributed by atoms with Gasteiger partial charge in [0.15, 0.2) is 0 Å². The highest BCUT2D eigenvalue weighted by Crippen LogP contribution is 2.25. The fraction of sp³-hybridized carbons (Fsp3) is 0.533. The van der Waals surface area contributed by atoms with Crippen molar-refractivity contribution >= 4 is 5.97 Å². The minimum atomic E-state index is -0.859. The zero-order valence-electron chi connectivity index (χ0n) is 12.3. The Morgan fingerprint density at radius 2 is 1.63 bits per heavy atom. The summed E-state index contributed by atoms with van der Waals surface area (Å²) in [6.45, 7) is 6.47. The molecule has 1 rings (SSSR count). The molecule has 1 aromatic rings. The van der Waals surface area contributed by atoms with Gasteiger partial charge in [-0.05, 0) is 30.6 Å². The third kappa shape index (κ3) is 3.78. The number of hydrogen-bond acceptors (Lipinski definition) is 3. The summed E-state index contributed by atoms with van der Waals surface area (Å²) in [6, 6.07) is 7.22. The van der Waals surface area contributed by atoms with Gasteiger partial charge < -0.3 is 15.7 Å². The fourth-order valence-corrected chi connectivity index (χ4v) is 2.15. The maximum Gasteiger partial charge on any atom is 0.322 e. The van der Waals surface area contributed by atoms with Gasteiger partial charge in [-0.15, -0.1) is 0 Å². The first-order valence-corrected chi connectivity index (χ1v) is 6.49. The lowest BCUT2D eigenvalue weighted by Crippen LogP contribution is -2.44. The molecule has 0 aromatic heterocycles. The molecule has 4 nitrogen and oxygen atoms in total. The Balaban J connectivity index is 3.03. The highest BCUT2D eigenvalue weighted by Gasteiger charge is 2.26. The van der Waals surface area contributed by atoms with Gasteiger partial charge in [-0.3, -0.25) is 4.79 Å². The molecule has 1 aromatic carbocycles. The Labute approximate surface area is 115 Å². The monoisotopic (exact) mass is 264 g/mol. The molecule has 0 aliphatic rings. The van der Waals surface area contributed by atoms with Crippen molar-refractivity contribution in [1.29, 1.82) is 0 Å². The topological polar surface area (TPSA) is 61.4 Å². The van der Waals surface area contributed by atoms with Crippen LogP contribution in [0.1, 0.15) is 37.9 Å². The molecule has 0 amide bonds. The third-order valence-corrected chi connectivity index (χ3v) is 3.36. The van der Waals surface area contributed by atoms with Crippen LogP contribution < -0.4 is 10.6 Å². The summed E-state index contributed by atoms with van der Waals surface area (Å²) in [4.78, 5) is 11.2. The summed E-state index contributed by atoms with van der Waals surface area (Å²) in [5.41, 5.74) is 2.31. The van der Waals surface area contributed by atoms with Crippen LogP contribution >= 0.6 is 0 Å². The molecule has 0 fully saturated rings. The maximum atomic E-state index is 11.2. The summed E-state index contributed by atoms with van der Waals surface area (Å²) < 4.78 is 0. The van der Waals surface area contributed by atoms with Gasteiger partial charge in [0.1, 0.15) is 6.04 Å². The fourth-order valence-electron chi connectivity index (χ4n) is 2.15. The van der Waals surface area contributed by atoms with Crippen LogP contribution in [0.2, 0.25) is 0 Å². The lowest BCUT2D eigenvalue weighted by atomic mass is 9.86. The van der Waals surface area contributed by atoms with E-state index < -0.39 is 12.0 Å². The number of aliphatic carboxylic acids is 1. The molecule has 2 atom stereocenters. The average Bonchev–Trinajstić information content (AvgIpc) is 2.34. The minimum absolute atomic E-state index is 0.100. The van der Waals surface area contributed by atoms with Gasteiger partial charge in [0.05, 0.1) is 6.04 Å². The first kappa shape index (κ1) is 15.7. The molecule has 0 radical (unpaired) electrons. The van der Waals surface area contributed by atoms with Crippen molar-refractivity contribution in [2.45, 2.75) is 38.3 Å². The number of nitrogens with one attached hydrogen (secondary N) is 2. The van der Waals surface area contributed by atoms with E-state index in [4.69, 9.17) is 0 Å². The quantitative estimate of drug-likeness (QED) is 0.760. The van der Waals surface area contributed by atoms with Crippen LogP contribution in [0.25, 0.3) is 0 Å². The molecule has 0 spiro atoms. The van der Waals surface area contributed by atoms with E-state index in [2.05, 4.69) is 43.5 Å². The number of hydrogen-bond donors (Lipinski definition) is 3. The molecule has 106 valence electrons. The van der Waals surface area contributed by atoms with E-state index in [0.717, 1.165) is 5.56 Å². The second-order valence-corrected chi connectivity index (χ2v) is 5.74. The van der Waals surface area contributed by atoms with Crippen molar-refractivity contribution in [3.63, 3.8) is 0 Å². The van der Waals surface area contributed by atoms with Crippen molar-refractivity contribution in [3.05, 3.63) is 35.4 Å². The number of carboxylic acids is 1. The molecule has 19 heavy (non-hydrogen) atoms. The molecule has 0 bridgehead atoms. The Bertz CT molecular complexity index is 421. The minimum Gasteiger partial charge on any atom is -0.480 e. The van der Waals surface area contributed by atoms with Crippen LogP contribution in [0.3, 0.4) is 0 Å². The van der Waals surface area contributed by atoms with E-state index >= 15 is 0 Å². The summed E-state index contributed by atoms with van der Waals surface area (Å²) in [6.07, 6.45) is 0. The van der Waals surface area contributed by atoms with Crippen LogP contribution in [0, 0.1) is 0 Å². The van der Waals surface area contributed by atoms with Crippen molar-refractivity contribution in [1.82, 2.24) is 10.6 Å². The zero-order chi connectivity index (χ0) is 14.6. The molecule has 3 N–H and O–H groups in total. The van der Waals surface area contributed by atoms with Gasteiger partial charge in [0, 0.05) is 0 Å². The van der Waals surface area contributed by atoms with Crippen molar-refractivity contribution < 1.29 is 9.90 Å². The molecule has 0 saturated heterocycles. The summed E-state index contributed by atoms with van der Waals surface area (Å²) >= 11 is 0. The Hall–Kier alpha value is -1.39. The summed E-state index contributed by atoms with van der Waals surface area (Å²) in [5, 5.41) is 15.1. The number of carboxylic acid groups (broad SMARTS) is 1. The normalized spacial score (nSPS) is 15.0. The van der Waals surface area contributed by atoms with E-state index in [1.54, 1.807) is 14.1 Å². The van der Waals surface area contributed by atoms with E-state index in [-0.39, 0.29) is 11.5 Å². The second-order valence-electron chi connectivity index (χ2n) is 5.74. The first-order chi connectivity index (χ1) is 8.81. The Kier molecular flexibility index (Phi) is 5.09. The van der Waals surface area contributed by atoms with Crippen molar-refractivity contribution in [2.24, 2.45) is 0 Å². The standard InChI is InChI=1S/C15H24N2O2/c1-15(2,3)11-8-6-10(7-9-11)12(16-4)13(17-5)14(18)19/h6-9,12-13,16-17H,1-5H3,(H,18,19). The second kappa shape index (κ2) is 6.17. The predicted octanol–water partition coefficient (Wildman–Crippen LogP) is 1.92. The molecule has 4 heteroatoms. The van der Waals surface area contributed by atoms with Crippen LogP contribution in [-0.2, 0) is 10.2 Å². The van der Waals surface area contributed by atoms with Gasteiger partial charge in [-0.2, -0.15) is 0 Å². The number of benzene rings is 1. The summed E-state index contributed by atoms with van der Waals surface area (Å²) in [5.74, 6) is -0.859. The highest BCUT2D eigenvalue weighted by atomic mass is 16.4. The first-order valence-electron chi connectivity index (χ1n) is 6.49. The van der Waals surface area contributed by atoms with Crippen molar-refractivity contribution in [3.8, 4) is 0 Å². The largest absolute Gasteiger partial charge is 0.480 e. The average molecular weight is 264 g/mol. The van der Waals surface area contributed by atoms with Gasteiger partial charge in [-0.1, -0.05) is 45.0 Å². The molecule has 0 aliphatic heterocycles. The van der Waals surface area contributed by atoms with E-state index in [1.165, 1.54) is 5.56 Å². The number of likely N-dealkylation sites (N-methyl/N-ethyl adjacent to an activating group) is 2. The van der Waals surface area contributed by atoms with Gasteiger partial charge in [0.2, 0.25) is 0 Å². The molecule has 0 heterocycles. The van der Waals surface area contributed by atoms with Gasteiger partial charge in [0.25, 0.3) is 0 Å². The molecular weight excluding hydrogens is 240 g/mol. The Morgan fingerprint density at radius 1 is 1.11 bits per heavy atom. The van der Waals surface area contributed by atoms with Crippen LogP contribution in [-0.4, -0.2) is 31.2 Å². The predicted molar refractivity (Wildman–Crippen MR) is 77.4 cm³/mol. The lowest BCUT2D eigenvalue weighted by molar-refractivity contribution is -0.140. The van der Waals surface area contributed by atoms with Crippen LogP contribution in [0.5, 0.6) is 0 Å². The molecule has 0 aliphatic carbocycles. The third-order valence-electron chi connectivity index (χ3n) is 3.36. The van der Waals surface area contributed by atoms with E-state index in [1.807, 2.05) is 12.1 Å². The number of rotatable bonds is 5. The van der Waals surface area contributed by atoms with Crippen LogP contribution in [0.15, 0.2) is 24.3 Å². The Morgan fingerprint density at radius 3 is 1.95 bits per heavy atom.